The van der Waals surface area contributed by atoms with Gasteiger partial charge in [0.1, 0.15) is 18.3 Å². The van der Waals surface area contributed by atoms with Gasteiger partial charge in [-0.05, 0) is 25.1 Å². The Labute approximate surface area is 192 Å². The Morgan fingerprint density at radius 2 is 1.82 bits per heavy atom. The third-order valence-corrected chi connectivity index (χ3v) is 6.10. The number of primary amides is 1. The van der Waals surface area contributed by atoms with Crippen LogP contribution in [0.4, 0.5) is 13.2 Å². The van der Waals surface area contributed by atoms with Crippen LogP contribution in [0.1, 0.15) is 39.6 Å². The summed E-state index contributed by atoms with van der Waals surface area (Å²) in [5, 5.41) is 6.47. The van der Waals surface area contributed by atoms with Crippen LogP contribution in [0.15, 0.2) is 46.3 Å². The van der Waals surface area contributed by atoms with Crippen LogP contribution in [0.5, 0.6) is 0 Å². The van der Waals surface area contributed by atoms with Gasteiger partial charge in [0.15, 0.2) is 11.6 Å². The molecule has 0 fully saturated rings. The van der Waals surface area contributed by atoms with E-state index in [0.29, 0.717) is 6.07 Å². The molecular weight excluding hydrogens is 535 g/mol. The lowest BCUT2D eigenvalue weighted by molar-refractivity contribution is -0.0436. The topological polar surface area (TPSA) is 163 Å². The molecule has 0 bridgehead atoms. The molecule has 0 aliphatic heterocycles. The van der Waals surface area contributed by atoms with Gasteiger partial charge in [0.25, 0.3) is 21.7 Å². The highest BCUT2D eigenvalue weighted by Crippen LogP contribution is 2.32. The van der Waals surface area contributed by atoms with Gasteiger partial charge in [0, 0.05) is 16.1 Å². The van der Waals surface area contributed by atoms with Crippen LogP contribution in [0.2, 0.25) is 0 Å². The Hall–Kier alpha value is -3.40. The van der Waals surface area contributed by atoms with Crippen LogP contribution in [0, 0.1) is 0 Å². The summed E-state index contributed by atoms with van der Waals surface area (Å²) in [6, 6.07) is 2.90. The first-order valence-electron chi connectivity index (χ1n) is 8.76. The molecule has 1 atom stereocenters. The number of aromatic nitrogens is 5. The quantitative estimate of drug-likeness (QED) is 0.470. The number of amides is 2. The van der Waals surface area contributed by atoms with E-state index in [0.717, 1.165) is 24.8 Å². The molecule has 2 heterocycles. The van der Waals surface area contributed by atoms with Gasteiger partial charge in [-0.25, -0.2) is 23.4 Å². The van der Waals surface area contributed by atoms with Gasteiger partial charge >= 0.3 is 5.51 Å². The zero-order valence-electron chi connectivity index (χ0n) is 16.4. The lowest BCUT2D eigenvalue weighted by Crippen LogP contribution is -2.29. The zero-order chi connectivity index (χ0) is 24.6. The molecule has 0 radical (unpaired) electrons. The third-order valence-electron chi connectivity index (χ3n) is 4.18. The molecule has 3 aromatic rings. The second-order valence-corrected chi connectivity index (χ2v) is 9.33. The second-order valence-electron chi connectivity index (χ2n) is 6.48. The van der Waals surface area contributed by atoms with Crippen molar-refractivity contribution in [2.45, 2.75) is 23.4 Å². The minimum atomic E-state index is -5.67. The average Bonchev–Trinajstić information content (AvgIpc) is 3.22. The van der Waals surface area contributed by atoms with Crippen molar-refractivity contribution >= 4 is 37.6 Å². The Bertz CT molecular complexity index is 1340. The largest absolute Gasteiger partial charge is 0.501 e. The number of alkyl halides is 3. The van der Waals surface area contributed by atoms with E-state index in [2.05, 4.69) is 41.3 Å². The maximum absolute atomic E-state index is 12.9. The molecule has 0 spiro atoms. The van der Waals surface area contributed by atoms with Gasteiger partial charge < -0.3 is 11.1 Å². The molecule has 0 saturated heterocycles. The molecule has 2 amide bonds. The molecule has 0 unspecified atom stereocenters. The number of carbonyl (C=O) groups is 2. The van der Waals surface area contributed by atoms with Gasteiger partial charge in [-0.2, -0.15) is 23.0 Å². The normalized spacial score (nSPS) is 12.9. The number of hydrogen-bond acceptors (Lipinski definition) is 8. The zero-order valence-corrected chi connectivity index (χ0v) is 18.8. The lowest BCUT2D eigenvalue weighted by Gasteiger charge is -2.15. The number of nitrogens with zero attached hydrogens (tertiary/aromatic N) is 5. The predicted octanol–water partition coefficient (Wildman–Crippen LogP) is 1.70. The summed E-state index contributed by atoms with van der Waals surface area (Å²) in [6.07, 6.45) is 2.23. The summed E-state index contributed by atoms with van der Waals surface area (Å²) < 4.78 is 63.3. The highest BCUT2D eigenvalue weighted by atomic mass is 79.9. The van der Waals surface area contributed by atoms with Crippen LogP contribution in [0.25, 0.3) is 5.82 Å². The van der Waals surface area contributed by atoms with E-state index in [9.17, 15) is 31.2 Å². The fourth-order valence-electron chi connectivity index (χ4n) is 2.65. The van der Waals surface area contributed by atoms with Crippen LogP contribution in [-0.4, -0.2) is 50.5 Å². The van der Waals surface area contributed by atoms with Gasteiger partial charge in [-0.15, -0.1) is 0 Å². The van der Waals surface area contributed by atoms with Crippen molar-refractivity contribution in [1.29, 1.82) is 0 Å². The van der Waals surface area contributed by atoms with Crippen molar-refractivity contribution in [2.75, 3.05) is 0 Å². The maximum atomic E-state index is 12.9. The Balaban J connectivity index is 1.90. The van der Waals surface area contributed by atoms with E-state index in [4.69, 9.17) is 5.73 Å². The van der Waals surface area contributed by atoms with Gasteiger partial charge in [-0.3, -0.25) is 9.59 Å². The summed E-state index contributed by atoms with van der Waals surface area (Å²) >= 11 is 2.92. The Morgan fingerprint density at radius 3 is 2.45 bits per heavy atom. The van der Waals surface area contributed by atoms with E-state index in [1.54, 1.807) is 0 Å². The molecule has 2 aromatic heterocycles. The minimum Gasteiger partial charge on any atom is -0.364 e. The molecule has 174 valence electrons. The molecule has 33 heavy (non-hydrogen) atoms. The molecule has 3 N–H and O–H groups in total. The van der Waals surface area contributed by atoms with Crippen molar-refractivity contribution in [3.05, 3.63) is 58.5 Å². The summed E-state index contributed by atoms with van der Waals surface area (Å²) in [5.74, 6) is -1.41. The average molecular weight is 548 g/mol. The van der Waals surface area contributed by atoms with E-state index in [1.807, 2.05) is 0 Å². The summed E-state index contributed by atoms with van der Waals surface area (Å²) in [6.45, 7) is 1.50. The van der Waals surface area contributed by atoms with Gasteiger partial charge in [-0.1, -0.05) is 15.9 Å². The van der Waals surface area contributed by atoms with Crippen LogP contribution < -0.4 is 11.1 Å². The standard InChI is InChI=1S/C17H13BrF3N7O4S/c1-8(15-25-7-26-28(15)13-5-12(14(22)29)23-6-24-13)27-16(30)9-2-10(18)4-11(3-9)33(31,32)17(19,20)21/h2-8H,1H3,(H2,22,29)(H,27,30)/t8-/m0/s1. The molecule has 0 saturated carbocycles. The van der Waals surface area contributed by atoms with E-state index < -0.39 is 38.1 Å². The molecule has 0 aliphatic carbocycles. The number of sulfone groups is 1. The first-order chi connectivity index (χ1) is 15.3. The SMILES string of the molecule is C[C@H](NC(=O)c1cc(Br)cc(S(=O)(=O)C(F)(F)F)c1)c1ncnn1-c1cc(C(N)=O)ncn1. The van der Waals surface area contributed by atoms with E-state index >= 15 is 0 Å². The highest BCUT2D eigenvalue weighted by Gasteiger charge is 2.47. The molecule has 3 rings (SSSR count). The number of carbonyl (C=O) groups excluding carboxylic acids is 2. The Kier molecular flexibility index (Phi) is 6.51. The number of hydrogen-bond donors (Lipinski definition) is 2. The third kappa shape index (κ3) is 5.00. The first kappa shape index (κ1) is 24.2. The van der Waals surface area contributed by atoms with Crippen molar-refractivity contribution in [3.8, 4) is 5.82 Å². The number of halogens is 4. The van der Waals surface area contributed by atoms with Crippen molar-refractivity contribution < 1.29 is 31.2 Å². The molecule has 16 heteroatoms. The summed E-state index contributed by atoms with van der Waals surface area (Å²) in [7, 11) is -5.67. The molecule has 0 aliphatic rings. The fourth-order valence-corrected chi connectivity index (χ4v) is 4.12. The molecule has 11 nitrogen and oxygen atoms in total. The lowest BCUT2D eigenvalue weighted by atomic mass is 10.2. The van der Waals surface area contributed by atoms with Crippen LogP contribution in [0.3, 0.4) is 0 Å². The van der Waals surface area contributed by atoms with Crippen molar-refractivity contribution in [2.24, 2.45) is 5.73 Å². The van der Waals surface area contributed by atoms with E-state index in [1.165, 1.54) is 17.7 Å². The van der Waals surface area contributed by atoms with E-state index in [-0.39, 0.29) is 27.4 Å². The monoisotopic (exact) mass is 547 g/mol. The van der Waals surface area contributed by atoms with Crippen molar-refractivity contribution in [3.63, 3.8) is 0 Å². The minimum absolute atomic E-state index is 0.0474. The predicted molar refractivity (Wildman–Crippen MR) is 109 cm³/mol. The fraction of sp³-hybridized carbons (Fsp3) is 0.176. The van der Waals surface area contributed by atoms with Gasteiger partial charge in [0.05, 0.1) is 10.9 Å². The summed E-state index contributed by atoms with van der Waals surface area (Å²) in [4.78, 5) is 34.6. The van der Waals surface area contributed by atoms with Crippen LogP contribution >= 0.6 is 15.9 Å². The first-order valence-corrected chi connectivity index (χ1v) is 11.0. The van der Waals surface area contributed by atoms with Crippen LogP contribution in [-0.2, 0) is 9.84 Å². The maximum Gasteiger partial charge on any atom is 0.501 e. The summed E-state index contributed by atoms with van der Waals surface area (Å²) in [5.41, 5.74) is -0.774. The second kappa shape index (κ2) is 8.86. The number of rotatable bonds is 6. The molecule has 1 aromatic carbocycles. The number of nitrogens with one attached hydrogen (secondary N) is 1. The number of benzene rings is 1. The van der Waals surface area contributed by atoms with Gasteiger partial charge in [0.2, 0.25) is 0 Å². The Morgan fingerprint density at radius 1 is 1.12 bits per heavy atom. The smallest absolute Gasteiger partial charge is 0.364 e. The number of nitrogens with two attached hydrogens (primary N) is 1. The highest BCUT2D eigenvalue weighted by molar-refractivity contribution is 9.10. The molecular formula is C17H13BrF3N7O4S. The van der Waals surface area contributed by atoms with Crippen molar-refractivity contribution in [1.82, 2.24) is 30.0 Å².